The van der Waals surface area contributed by atoms with Gasteiger partial charge in [-0.15, -0.1) is 0 Å². The Morgan fingerprint density at radius 2 is 0.568 bits per heavy atom. The molecule has 0 aromatic carbocycles. The summed E-state index contributed by atoms with van der Waals surface area (Å²) in [6.07, 6.45) is 44.7. The van der Waals surface area contributed by atoms with E-state index in [9.17, 15) is 0 Å². The Hall–Kier alpha value is 0.430. The van der Waals surface area contributed by atoms with Gasteiger partial charge >= 0.3 is 0 Å². The van der Waals surface area contributed by atoms with Crippen LogP contribution in [-0.4, -0.2) is 24.1 Å². The molecule has 0 nitrogen and oxygen atoms in total. The van der Waals surface area contributed by atoms with E-state index in [-0.39, 0.29) is 0 Å². The van der Waals surface area contributed by atoms with E-state index in [1.54, 1.807) is 24.9 Å². The highest BCUT2D eigenvalue weighted by Crippen LogP contribution is 2.66. The van der Waals surface area contributed by atoms with Gasteiger partial charge in [0.15, 0.2) is 0 Å². The molecule has 1 unspecified atom stereocenters. The fourth-order valence-electron chi connectivity index (χ4n) is 6.47. The molecule has 0 saturated carbocycles. The van der Waals surface area contributed by atoms with Gasteiger partial charge < -0.3 is 0 Å². The molecule has 0 aromatic heterocycles. The van der Waals surface area contributed by atoms with Crippen molar-refractivity contribution in [2.75, 3.05) is 18.5 Å². The molecule has 0 fully saturated rings. The predicted molar refractivity (Wildman–Crippen MR) is 178 cm³/mol. The van der Waals surface area contributed by atoms with Gasteiger partial charge in [-0.1, -0.05) is 150 Å². The summed E-state index contributed by atoms with van der Waals surface area (Å²) < 4.78 is 0. The molecule has 0 saturated heterocycles. The smallest absolute Gasteiger partial charge is 0.0654 e. The van der Waals surface area contributed by atoms with Crippen molar-refractivity contribution in [2.24, 2.45) is 0 Å². The van der Waals surface area contributed by atoms with Crippen LogP contribution in [0, 0.1) is 0 Å². The van der Waals surface area contributed by atoms with Crippen molar-refractivity contribution in [3.63, 3.8) is 0 Å². The number of unbranched alkanes of at least 4 members (excludes halogenated alkanes) is 22. The van der Waals surface area contributed by atoms with Crippen LogP contribution in [0.1, 0.15) is 208 Å². The van der Waals surface area contributed by atoms with Crippen LogP contribution in [0.15, 0.2) is 0 Å². The number of hydrogen-bond donors (Lipinski definition) is 0. The summed E-state index contributed by atoms with van der Waals surface area (Å²) >= 11 is 0. The molecule has 1 atom stereocenters. The third-order valence-corrected chi connectivity index (χ3v) is 15.0. The van der Waals surface area contributed by atoms with Gasteiger partial charge in [-0.05, 0) is 58.3 Å². The molecule has 0 bridgehead atoms. The Morgan fingerprint density at radius 1 is 0.324 bits per heavy atom. The molecule has 1 heteroatoms. The summed E-state index contributed by atoms with van der Waals surface area (Å²) in [6.45, 7) is 12.1. The number of hydrogen-bond acceptors (Lipinski definition) is 0. The molecule has 37 heavy (non-hydrogen) atoms. The molecule has 0 heterocycles. The Kier molecular flexibility index (Phi) is 29.8. The van der Waals surface area contributed by atoms with Gasteiger partial charge in [0.1, 0.15) is 0 Å². The first-order valence-corrected chi connectivity index (χ1v) is 20.4. The van der Waals surface area contributed by atoms with Crippen LogP contribution in [0.2, 0.25) is 0 Å². The van der Waals surface area contributed by atoms with Crippen molar-refractivity contribution in [1.82, 2.24) is 0 Å². The van der Waals surface area contributed by atoms with Gasteiger partial charge in [-0.25, -0.2) is 0 Å². The molecule has 0 spiro atoms. The average Bonchev–Trinajstić information content (AvgIpc) is 2.91. The van der Waals surface area contributed by atoms with Crippen molar-refractivity contribution < 1.29 is 0 Å². The summed E-state index contributed by atoms with van der Waals surface area (Å²) in [5.41, 5.74) is 1.04. The minimum atomic E-state index is -0.794. The maximum atomic E-state index is 2.72. The summed E-state index contributed by atoms with van der Waals surface area (Å²) in [6, 6.07) is 0. The third-order valence-electron chi connectivity index (χ3n) is 9.28. The first kappa shape index (κ1) is 37.4. The largest absolute Gasteiger partial charge is 0.0669 e. The zero-order chi connectivity index (χ0) is 27.3. The van der Waals surface area contributed by atoms with E-state index >= 15 is 0 Å². The maximum absolute atomic E-state index is 2.72. The monoisotopic (exact) mass is 540 g/mol. The highest BCUT2D eigenvalue weighted by Gasteiger charge is 2.41. The molecular formula is C36H76P+. The Balaban J connectivity index is 4.37. The highest BCUT2D eigenvalue weighted by molar-refractivity contribution is 7.76. The SMILES string of the molecule is CCCCCCCCCCCCCCCCC(C)[P+](CCCCCC)(CCCCCC)CCCCCC. The predicted octanol–water partition coefficient (Wildman–Crippen LogP) is 14.0. The summed E-state index contributed by atoms with van der Waals surface area (Å²) in [7, 11) is -0.794. The lowest BCUT2D eigenvalue weighted by Crippen LogP contribution is -2.20. The van der Waals surface area contributed by atoms with Gasteiger partial charge in [0.2, 0.25) is 0 Å². The molecule has 0 amide bonds. The molecule has 224 valence electrons. The molecule has 0 aliphatic rings. The molecule has 0 N–H and O–H groups in total. The van der Waals surface area contributed by atoms with Crippen molar-refractivity contribution >= 4 is 7.26 Å². The Morgan fingerprint density at radius 3 is 0.865 bits per heavy atom. The molecule has 0 radical (unpaired) electrons. The van der Waals surface area contributed by atoms with Crippen molar-refractivity contribution in [3.8, 4) is 0 Å². The molecule has 0 aliphatic carbocycles. The van der Waals surface area contributed by atoms with E-state index < -0.39 is 7.26 Å². The summed E-state index contributed by atoms with van der Waals surface area (Å²) in [5, 5.41) is 0. The van der Waals surface area contributed by atoms with Crippen LogP contribution in [0.5, 0.6) is 0 Å². The van der Waals surface area contributed by atoms with E-state index in [1.807, 2.05) is 0 Å². The lowest BCUT2D eigenvalue weighted by atomic mass is 10.0. The van der Waals surface area contributed by atoms with Crippen LogP contribution in [0.4, 0.5) is 0 Å². The number of rotatable bonds is 31. The van der Waals surface area contributed by atoms with Gasteiger partial charge in [0.25, 0.3) is 0 Å². The maximum Gasteiger partial charge on any atom is 0.0669 e. The third kappa shape index (κ3) is 22.9. The van der Waals surface area contributed by atoms with E-state index in [0.717, 1.165) is 5.66 Å². The summed E-state index contributed by atoms with van der Waals surface area (Å²) in [4.78, 5) is 0. The van der Waals surface area contributed by atoms with Crippen molar-refractivity contribution in [2.45, 2.75) is 214 Å². The Labute approximate surface area is 239 Å². The summed E-state index contributed by atoms with van der Waals surface area (Å²) in [5.74, 6) is 0. The molecular weight excluding hydrogens is 463 g/mol. The molecule has 0 rings (SSSR count). The second-order valence-electron chi connectivity index (χ2n) is 12.8. The van der Waals surface area contributed by atoms with Crippen molar-refractivity contribution in [1.29, 1.82) is 0 Å². The fourth-order valence-corrected chi connectivity index (χ4v) is 11.7. The topological polar surface area (TPSA) is 0 Å². The van der Waals surface area contributed by atoms with Gasteiger partial charge in [-0.2, -0.15) is 0 Å². The second kappa shape index (κ2) is 29.4. The van der Waals surface area contributed by atoms with Crippen molar-refractivity contribution in [3.05, 3.63) is 0 Å². The Bertz CT molecular complexity index is 386. The van der Waals surface area contributed by atoms with E-state index in [1.165, 1.54) is 167 Å². The molecule has 0 aliphatic heterocycles. The lowest BCUT2D eigenvalue weighted by Gasteiger charge is -2.34. The lowest BCUT2D eigenvalue weighted by molar-refractivity contribution is 0.531. The zero-order valence-electron chi connectivity index (χ0n) is 27.2. The first-order chi connectivity index (χ1) is 18.2. The van der Waals surface area contributed by atoms with E-state index in [0.29, 0.717) is 0 Å². The normalized spacial score (nSPS) is 12.9. The highest BCUT2D eigenvalue weighted by atomic mass is 31.2. The van der Waals surface area contributed by atoms with Gasteiger partial charge in [0.05, 0.1) is 24.1 Å². The first-order valence-electron chi connectivity index (χ1n) is 18.0. The van der Waals surface area contributed by atoms with Crippen LogP contribution in [-0.2, 0) is 0 Å². The van der Waals surface area contributed by atoms with Gasteiger partial charge in [0, 0.05) is 7.26 Å². The van der Waals surface area contributed by atoms with Crippen LogP contribution in [0.3, 0.4) is 0 Å². The average molecular weight is 540 g/mol. The second-order valence-corrected chi connectivity index (χ2v) is 17.5. The minimum Gasteiger partial charge on any atom is -0.0654 e. The van der Waals surface area contributed by atoms with Crippen LogP contribution < -0.4 is 0 Å². The standard InChI is InChI=1S/C36H76P/c1-6-10-14-18-19-20-21-22-23-24-25-26-27-28-32-36(5)37(33-29-15-11-7-2,34-30-16-12-8-3)35-31-17-13-9-4/h36H,6-35H2,1-5H3/q+1. The molecule has 0 aromatic rings. The van der Waals surface area contributed by atoms with Crippen LogP contribution in [0.25, 0.3) is 0 Å². The van der Waals surface area contributed by atoms with Crippen LogP contribution >= 0.6 is 7.26 Å². The minimum absolute atomic E-state index is 0.794. The zero-order valence-corrected chi connectivity index (χ0v) is 28.1. The van der Waals surface area contributed by atoms with Gasteiger partial charge in [-0.3, -0.25) is 0 Å². The quantitative estimate of drug-likeness (QED) is 0.0607. The fraction of sp³-hybridized carbons (Fsp3) is 1.00. The van der Waals surface area contributed by atoms with E-state index in [2.05, 4.69) is 34.6 Å². The van der Waals surface area contributed by atoms with E-state index in [4.69, 9.17) is 0 Å².